The molecular weight excluding hydrogens is 204 g/mol. The predicted octanol–water partition coefficient (Wildman–Crippen LogP) is 1.41. The average Bonchev–Trinajstić information content (AvgIpc) is 2.21. The van der Waals surface area contributed by atoms with E-state index in [2.05, 4.69) is 4.98 Å². The topological polar surface area (TPSA) is 55.1 Å². The summed E-state index contributed by atoms with van der Waals surface area (Å²) in [5, 5.41) is 9.42. The Balaban J connectivity index is 2.64. The highest BCUT2D eigenvalue weighted by Crippen LogP contribution is 2.04. The largest absolute Gasteiger partial charge is 0.393 e. The third kappa shape index (κ3) is 3.45. The van der Waals surface area contributed by atoms with Crippen molar-refractivity contribution in [3.63, 3.8) is 0 Å². The van der Waals surface area contributed by atoms with Gasteiger partial charge in [-0.3, -0.25) is 4.57 Å². The zero-order chi connectivity index (χ0) is 12.1. The predicted molar refractivity (Wildman–Crippen MR) is 63.5 cm³/mol. The van der Waals surface area contributed by atoms with Crippen LogP contribution in [0.3, 0.4) is 0 Å². The van der Waals surface area contributed by atoms with E-state index in [1.54, 1.807) is 4.57 Å². The molecule has 0 fully saturated rings. The van der Waals surface area contributed by atoms with Crippen molar-refractivity contribution >= 4 is 0 Å². The second-order valence-corrected chi connectivity index (χ2v) is 4.18. The van der Waals surface area contributed by atoms with Crippen molar-refractivity contribution in [1.29, 1.82) is 0 Å². The lowest BCUT2D eigenvalue weighted by Crippen LogP contribution is -2.26. The van der Waals surface area contributed by atoms with Gasteiger partial charge in [0, 0.05) is 17.9 Å². The van der Waals surface area contributed by atoms with Crippen LogP contribution in [0.1, 0.15) is 37.6 Å². The van der Waals surface area contributed by atoms with E-state index < -0.39 is 0 Å². The van der Waals surface area contributed by atoms with Crippen molar-refractivity contribution in [2.75, 3.05) is 0 Å². The number of nitrogens with zero attached hydrogens (tertiary/aromatic N) is 2. The molecule has 0 saturated heterocycles. The molecule has 0 bridgehead atoms. The lowest BCUT2D eigenvalue weighted by Gasteiger charge is -2.11. The van der Waals surface area contributed by atoms with Gasteiger partial charge in [-0.2, -0.15) is 4.98 Å². The highest BCUT2D eigenvalue weighted by Gasteiger charge is 2.04. The van der Waals surface area contributed by atoms with Crippen molar-refractivity contribution in [3.05, 3.63) is 27.9 Å². The zero-order valence-electron chi connectivity index (χ0n) is 10.2. The lowest BCUT2D eigenvalue weighted by molar-refractivity contribution is 0.155. The molecular formula is C12H20N2O2. The number of rotatable bonds is 5. The van der Waals surface area contributed by atoms with Crippen molar-refractivity contribution < 1.29 is 5.11 Å². The maximum absolute atomic E-state index is 11.6. The van der Waals surface area contributed by atoms with E-state index in [1.165, 1.54) is 0 Å². The van der Waals surface area contributed by atoms with E-state index in [1.807, 2.05) is 26.8 Å². The molecule has 0 saturated carbocycles. The van der Waals surface area contributed by atoms with E-state index in [0.717, 1.165) is 30.7 Å². The zero-order valence-corrected chi connectivity index (χ0v) is 10.2. The van der Waals surface area contributed by atoms with Gasteiger partial charge in [-0.25, -0.2) is 4.79 Å². The molecule has 4 heteroatoms. The third-order valence-corrected chi connectivity index (χ3v) is 2.74. The molecule has 1 aromatic heterocycles. The van der Waals surface area contributed by atoms with Crippen LogP contribution in [0.4, 0.5) is 0 Å². The van der Waals surface area contributed by atoms with Crippen LogP contribution in [0, 0.1) is 13.8 Å². The highest BCUT2D eigenvalue weighted by atomic mass is 16.3. The van der Waals surface area contributed by atoms with Crippen LogP contribution in [-0.4, -0.2) is 20.8 Å². The summed E-state index contributed by atoms with van der Waals surface area (Å²) < 4.78 is 1.66. The van der Waals surface area contributed by atoms with Crippen molar-refractivity contribution in [3.8, 4) is 0 Å². The molecule has 1 atom stereocenters. The summed E-state index contributed by atoms with van der Waals surface area (Å²) in [6.45, 7) is 6.32. The molecule has 16 heavy (non-hydrogen) atoms. The summed E-state index contributed by atoms with van der Waals surface area (Å²) >= 11 is 0. The van der Waals surface area contributed by atoms with Gasteiger partial charge in [-0.05, 0) is 39.2 Å². The van der Waals surface area contributed by atoms with Crippen molar-refractivity contribution in [1.82, 2.24) is 9.55 Å². The number of hydrogen-bond donors (Lipinski definition) is 1. The maximum Gasteiger partial charge on any atom is 0.347 e. The quantitative estimate of drug-likeness (QED) is 0.822. The molecule has 0 aliphatic carbocycles. The van der Waals surface area contributed by atoms with E-state index in [-0.39, 0.29) is 11.8 Å². The van der Waals surface area contributed by atoms with Gasteiger partial charge in [-0.15, -0.1) is 0 Å². The first-order chi connectivity index (χ1) is 7.54. The first-order valence-electron chi connectivity index (χ1n) is 5.77. The van der Waals surface area contributed by atoms with Crippen LogP contribution in [0.15, 0.2) is 10.9 Å². The number of hydrogen-bond acceptors (Lipinski definition) is 3. The Morgan fingerprint density at radius 1 is 1.50 bits per heavy atom. The maximum atomic E-state index is 11.6. The summed E-state index contributed by atoms with van der Waals surface area (Å²) in [4.78, 5) is 15.5. The first-order valence-corrected chi connectivity index (χ1v) is 5.77. The summed E-state index contributed by atoms with van der Waals surface area (Å²) in [5.74, 6) is 0. The monoisotopic (exact) mass is 224 g/mol. The minimum atomic E-state index is -0.255. The molecule has 1 unspecified atom stereocenters. The molecule has 0 aromatic carbocycles. The Hall–Kier alpha value is -1.16. The van der Waals surface area contributed by atoms with Gasteiger partial charge < -0.3 is 5.11 Å². The number of aryl methyl sites for hydroxylation is 2. The molecule has 0 aliphatic heterocycles. The molecule has 0 radical (unpaired) electrons. The smallest absolute Gasteiger partial charge is 0.347 e. The Bertz CT molecular complexity index is 398. The van der Waals surface area contributed by atoms with Gasteiger partial charge in [0.1, 0.15) is 0 Å². The fraction of sp³-hybridized carbons (Fsp3) is 0.667. The standard InChI is InChI=1S/C12H20N2O2/c1-4-11(15)6-5-7-14-10(3)8-9(2)13-12(14)16/h8,11,15H,4-7H2,1-3H3. The van der Waals surface area contributed by atoms with Crippen molar-refractivity contribution in [2.24, 2.45) is 0 Å². The van der Waals surface area contributed by atoms with Crippen LogP contribution in [0.5, 0.6) is 0 Å². The van der Waals surface area contributed by atoms with E-state index in [4.69, 9.17) is 0 Å². The molecule has 1 N–H and O–H groups in total. The van der Waals surface area contributed by atoms with Crippen LogP contribution in [0.2, 0.25) is 0 Å². The van der Waals surface area contributed by atoms with Crippen molar-refractivity contribution in [2.45, 2.75) is 52.7 Å². The van der Waals surface area contributed by atoms with Gasteiger partial charge in [0.25, 0.3) is 0 Å². The van der Waals surface area contributed by atoms with Gasteiger partial charge in [0.2, 0.25) is 0 Å². The normalized spacial score (nSPS) is 12.8. The summed E-state index contributed by atoms with van der Waals surface area (Å²) in [5.41, 5.74) is 1.50. The number of aromatic nitrogens is 2. The van der Waals surface area contributed by atoms with Gasteiger partial charge in [0.15, 0.2) is 0 Å². The van der Waals surface area contributed by atoms with E-state index in [9.17, 15) is 9.90 Å². The minimum absolute atomic E-state index is 0.191. The summed E-state index contributed by atoms with van der Waals surface area (Å²) in [6, 6.07) is 1.90. The van der Waals surface area contributed by atoms with Crippen LogP contribution in [-0.2, 0) is 6.54 Å². The average molecular weight is 224 g/mol. The molecule has 1 heterocycles. The molecule has 4 nitrogen and oxygen atoms in total. The molecule has 1 aromatic rings. The van der Waals surface area contributed by atoms with E-state index in [0.29, 0.717) is 6.54 Å². The Morgan fingerprint density at radius 3 is 2.75 bits per heavy atom. The summed E-state index contributed by atoms with van der Waals surface area (Å²) in [7, 11) is 0. The minimum Gasteiger partial charge on any atom is -0.393 e. The Labute approximate surface area is 96.0 Å². The fourth-order valence-corrected chi connectivity index (χ4v) is 1.74. The fourth-order valence-electron chi connectivity index (χ4n) is 1.74. The van der Waals surface area contributed by atoms with Crippen LogP contribution < -0.4 is 5.69 Å². The van der Waals surface area contributed by atoms with Crippen LogP contribution >= 0.6 is 0 Å². The summed E-state index contributed by atoms with van der Waals surface area (Å²) in [6.07, 6.45) is 2.05. The Kier molecular flexibility index (Phi) is 4.68. The van der Waals surface area contributed by atoms with Crippen LogP contribution in [0.25, 0.3) is 0 Å². The highest BCUT2D eigenvalue weighted by molar-refractivity contribution is 5.06. The first kappa shape index (κ1) is 12.9. The van der Waals surface area contributed by atoms with E-state index >= 15 is 0 Å². The second-order valence-electron chi connectivity index (χ2n) is 4.18. The van der Waals surface area contributed by atoms with Gasteiger partial charge in [-0.1, -0.05) is 6.92 Å². The number of aliphatic hydroxyl groups excluding tert-OH is 1. The number of aliphatic hydroxyl groups is 1. The molecule has 1 rings (SSSR count). The molecule has 0 aliphatic rings. The lowest BCUT2D eigenvalue weighted by atomic mass is 10.1. The molecule has 0 spiro atoms. The van der Waals surface area contributed by atoms with Gasteiger partial charge >= 0.3 is 5.69 Å². The molecule has 0 amide bonds. The Morgan fingerprint density at radius 2 is 2.19 bits per heavy atom. The van der Waals surface area contributed by atoms with Gasteiger partial charge in [0.05, 0.1) is 6.10 Å². The SMILES string of the molecule is CCC(O)CCCn1c(C)cc(C)nc1=O. The molecule has 90 valence electrons. The second kappa shape index (κ2) is 5.80. The third-order valence-electron chi connectivity index (χ3n) is 2.74.